The lowest BCUT2D eigenvalue weighted by atomic mass is 10.1. The van der Waals surface area contributed by atoms with Crippen LogP contribution in [0.4, 0.5) is 13.2 Å². The van der Waals surface area contributed by atoms with Crippen LogP contribution in [-0.4, -0.2) is 16.2 Å². The van der Waals surface area contributed by atoms with Crippen molar-refractivity contribution in [3.8, 4) is 5.75 Å². The zero-order valence-corrected chi connectivity index (χ0v) is 11.7. The Kier molecular flexibility index (Phi) is 4.11. The van der Waals surface area contributed by atoms with Crippen LogP contribution in [0.25, 0.3) is 0 Å². The number of nitrogens with zero attached hydrogens (tertiary/aromatic N) is 1. The molecule has 2 aromatic rings. The van der Waals surface area contributed by atoms with E-state index in [0.29, 0.717) is 29.2 Å². The van der Waals surface area contributed by atoms with Crippen molar-refractivity contribution in [3.05, 3.63) is 46.3 Å². The molecule has 1 heterocycles. The predicted octanol–water partition coefficient (Wildman–Crippen LogP) is 3.59. The minimum Gasteiger partial charge on any atom is -0.488 e. The highest BCUT2D eigenvalue weighted by Gasteiger charge is 2.32. The highest BCUT2D eigenvalue weighted by Crippen LogP contribution is 2.33. The maximum atomic E-state index is 12.7. The molecule has 0 saturated heterocycles. The molecule has 0 aliphatic heterocycles. The van der Waals surface area contributed by atoms with Crippen molar-refractivity contribution in [1.29, 1.82) is 0 Å². The summed E-state index contributed by atoms with van der Waals surface area (Å²) in [5.41, 5.74) is -0.235. The second-order valence-corrected chi connectivity index (χ2v) is 4.61. The van der Waals surface area contributed by atoms with Crippen molar-refractivity contribution in [1.82, 2.24) is 5.16 Å². The first-order valence-electron chi connectivity index (χ1n) is 6.19. The fourth-order valence-corrected chi connectivity index (χ4v) is 1.85. The molecule has 1 aromatic heterocycles. The Balaban J connectivity index is 2.33. The number of hydrogen-bond acceptors (Lipinski definition) is 4. The van der Waals surface area contributed by atoms with E-state index in [0.717, 1.165) is 6.07 Å². The third-order valence-electron chi connectivity index (χ3n) is 3.09. The Morgan fingerprint density at radius 2 is 2.05 bits per heavy atom. The maximum absolute atomic E-state index is 12.7. The van der Waals surface area contributed by atoms with Gasteiger partial charge in [0.2, 0.25) is 0 Å². The van der Waals surface area contributed by atoms with Gasteiger partial charge in [0.1, 0.15) is 23.7 Å². The third kappa shape index (κ3) is 3.21. The lowest BCUT2D eigenvalue weighted by Gasteiger charge is -2.12. The van der Waals surface area contributed by atoms with Gasteiger partial charge in [0.15, 0.2) is 0 Å². The topological polar surface area (TPSA) is 72.6 Å². The van der Waals surface area contributed by atoms with Gasteiger partial charge in [-0.2, -0.15) is 13.2 Å². The molecule has 1 N–H and O–H groups in total. The average molecular weight is 315 g/mol. The van der Waals surface area contributed by atoms with Gasteiger partial charge in [-0.05, 0) is 32.0 Å². The zero-order valence-electron chi connectivity index (χ0n) is 11.7. The number of alkyl halides is 3. The number of hydrogen-bond donors (Lipinski definition) is 1. The van der Waals surface area contributed by atoms with Crippen LogP contribution in [0, 0.1) is 13.8 Å². The number of carbonyl (C=O) groups is 1. The second-order valence-electron chi connectivity index (χ2n) is 4.61. The van der Waals surface area contributed by atoms with E-state index in [1.54, 1.807) is 13.8 Å². The lowest BCUT2D eigenvalue weighted by molar-refractivity contribution is -0.137. The molecule has 1 aromatic carbocycles. The molecule has 0 unspecified atom stereocenters. The molecule has 0 aliphatic rings. The van der Waals surface area contributed by atoms with Crippen LogP contribution < -0.4 is 4.74 Å². The molecule has 0 saturated carbocycles. The summed E-state index contributed by atoms with van der Waals surface area (Å²) in [5.74, 6) is -1.27. The van der Waals surface area contributed by atoms with Crippen molar-refractivity contribution >= 4 is 5.97 Å². The molecule has 118 valence electrons. The van der Waals surface area contributed by atoms with Crippen molar-refractivity contribution in [2.24, 2.45) is 0 Å². The smallest absolute Gasteiger partial charge is 0.416 e. The molecule has 0 radical (unpaired) electrons. The molecule has 0 amide bonds. The fourth-order valence-electron chi connectivity index (χ4n) is 1.85. The summed E-state index contributed by atoms with van der Waals surface area (Å²) in [7, 11) is 0. The minimum atomic E-state index is -4.59. The maximum Gasteiger partial charge on any atom is 0.416 e. The number of aromatic nitrogens is 1. The molecule has 2 rings (SSSR count). The van der Waals surface area contributed by atoms with Crippen LogP contribution in [0.15, 0.2) is 22.7 Å². The molecule has 0 atom stereocenters. The minimum absolute atomic E-state index is 0.136. The summed E-state index contributed by atoms with van der Waals surface area (Å²) in [5, 5.41) is 12.7. The lowest BCUT2D eigenvalue weighted by Crippen LogP contribution is -2.09. The summed E-state index contributed by atoms with van der Waals surface area (Å²) >= 11 is 0. The molecule has 0 bridgehead atoms. The van der Waals surface area contributed by atoms with Crippen LogP contribution in [0.2, 0.25) is 0 Å². The van der Waals surface area contributed by atoms with Crippen LogP contribution in [0.3, 0.4) is 0 Å². The van der Waals surface area contributed by atoms with Gasteiger partial charge in [-0.1, -0.05) is 5.16 Å². The van der Waals surface area contributed by atoms with Crippen LogP contribution in [-0.2, 0) is 12.8 Å². The van der Waals surface area contributed by atoms with Crippen LogP contribution in [0.1, 0.15) is 32.9 Å². The number of halogens is 3. The van der Waals surface area contributed by atoms with Crippen LogP contribution >= 0.6 is 0 Å². The molecule has 0 aliphatic carbocycles. The summed E-state index contributed by atoms with van der Waals surface area (Å²) in [4.78, 5) is 11.1. The van der Waals surface area contributed by atoms with Gasteiger partial charge < -0.3 is 14.4 Å². The molecular weight excluding hydrogens is 303 g/mol. The predicted molar refractivity (Wildman–Crippen MR) is 68.7 cm³/mol. The van der Waals surface area contributed by atoms with E-state index in [9.17, 15) is 18.0 Å². The number of carboxylic acids is 1. The molecule has 0 spiro atoms. The summed E-state index contributed by atoms with van der Waals surface area (Å²) in [6.07, 6.45) is -4.59. The normalized spacial score (nSPS) is 11.5. The number of aromatic carboxylic acids is 1. The van der Waals surface area contributed by atoms with E-state index in [4.69, 9.17) is 14.4 Å². The number of aryl methyl sites for hydroxylation is 2. The van der Waals surface area contributed by atoms with Crippen molar-refractivity contribution in [3.63, 3.8) is 0 Å². The van der Waals surface area contributed by atoms with Gasteiger partial charge in [-0.3, -0.25) is 0 Å². The van der Waals surface area contributed by atoms with E-state index in [-0.39, 0.29) is 17.9 Å². The largest absolute Gasteiger partial charge is 0.488 e. The quantitative estimate of drug-likeness (QED) is 0.933. The van der Waals surface area contributed by atoms with Gasteiger partial charge >= 0.3 is 12.1 Å². The second kappa shape index (κ2) is 5.70. The van der Waals surface area contributed by atoms with E-state index >= 15 is 0 Å². The van der Waals surface area contributed by atoms with Gasteiger partial charge in [0, 0.05) is 0 Å². The molecular formula is C14H12F3NO4. The van der Waals surface area contributed by atoms with Crippen LogP contribution in [0.5, 0.6) is 5.75 Å². The van der Waals surface area contributed by atoms with Gasteiger partial charge in [0.25, 0.3) is 0 Å². The molecule has 0 fully saturated rings. The first kappa shape index (κ1) is 15.9. The van der Waals surface area contributed by atoms with E-state index < -0.39 is 17.7 Å². The van der Waals surface area contributed by atoms with E-state index in [2.05, 4.69) is 5.16 Å². The number of rotatable bonds is 4. The third-order valence-corrected chi connectivity index (χ3v) is 3.09. The average Bonchev–Trinajstić information content (AvgIpc) is 2.74. The Morgan fingerprint density at radius 3 is 2.55 bits per heavy atom. The number of benzene rings is 1. The van der Waals surface area contributed by atoms with Gasteiger partial charge in [-0.15, -0.1) is 0 Å². The van der Waals surface area contributed by atoms with E-state index in [1.165, 1.54) is 0 Å². The summed E-state index contributed by atoms with van der Waals surface area (Å²) in [6.45, 7) is 3.14. The monoisotopic (exact) mass is 315 g/mol. The van der Waals surface area contributed by atoms with Crippen molar-refractivity contribution in [2.75, 3.05) is 0 Å². The number of ether oxygens (including phenoxy) is 1. The highest BCUT2D eigenvalue weighted by atomic mass is 19.4. The standard InChI is InChI=1S/C14H12F3NO4/c1-7-11(8(2)22-18-7)6-21-12-5-9(14(15,16)17)3-4-10(12)13(19)20/h3-5H,6H2,1-2H3,(H,19,20). The van der Waals surface area contributed by atoms with Gasteiger partial charge in [0.05, 0.1) is 16.8 Å². The van der Waals surface area contributed by atoms with Crippen molar-refractivity contribution in [2.45, 2.75) is 26.6 Å². The fraction of sp³-hybridized carbons (Fsp3) is 0.286. The molecule has 5 nitrogen and oxygen atoms in total. The first-order chi connectivity index (χ1) is 10.2. The summed E-state index contributed by atoms with van der Waals surface area (Å²) in [6, 6.07) is 2.24. The SMILES string of the molecule is Cc1noc(C)c1COc1cc(C(F)(F)F)ccc1C(=O)O. The Morgan fingerprint density at radius 1 is 1.36 bits per heavy atom. The summed E-state index contributed by atoms with van der Waals surface area (Å²) < 4.78 is 48.3. The van der Waals surface area contributed by atoms with Crippen molar-refractivity contribution < 1.29 is 32.3 Å². The Hall–Kier alpha value is -2.51. The van der Waals surface area contributed by atoms with E-state index in [1.807, 2.05) is 0 Å². The van der Waals surface area contributed by atoms with Gasteiger partial charge in [-0.25, -0.2) is 4.79 Å². The molecule has 22 heavy (non-hydrogen) atoms. The highest BCUT2D eigenvalue weighted by molar-refractivity contribution is 5.91. The first-order valence-corrected chi connectivity index (χ1v) is 6.19. The molecule has 8 heteroatoms. The number of carboxylic acid groups (broad SMARTS) is 1. The zero-order chi connectivity index (χ0) is 16.5. The Labute approximate surface area is 123 Å². The Bertz CT molecular complexity index is 687.